The lowest BCUT2D eigenvalue weighted by atomic mass is 10.2. The minimum atomic E-state index is -0.404. The second-order valence-corrected chi connectivity index (χ2v) is 7.83. The van der Waals surface area contributed by atoms with Crippen molar-refractivity contribution in [3.8, 4) is 11.8 Å². The second kappa shape index (κ2) is 13.1. The van der Waals surface area contributed by atoms with Crippen molar-refractivity contribution in [1.29, 1.82) is 0 Å². The average Bonchev–Trinajstić information content (AvgIpc) is 2.83. The highest BCUT2D eigenvalue weighted by molar-refractivity contribution is 5.80. The summed E-state index contributed by atoms with van der Waals surface area (Å²) in [5, 5.41) is 4.35. The Bertz CT molecular complexity index is 1050. The van der Waals surface area contributed by atoms with Crippen LogP contribution in [0.25, 0.3) is 0 Å². The van der Waals surface area contributed by atoms with Gasteiger partial charge in [0.05, 0.1) is 12.4 Å². The van der Waals surface area contributed by atoms with Crippen molar-refractivity contribution < 1.29 is 13.9 Å². The first-order valence-electron chi connectivity index (χ1n) is 11.6. The minimum Gasteiger partial charge on any atom is -0.474 e. The van der Waals surface area contributed by atoms with Gasteiger partial charge in [0, 0.05) is 37.0 Å². The zero-order chi connectivity index (χ0) is 24.2. The Hall–Kier alpha value is -3.68. The number of hydrogen-bond donors (Lipinski definition) is 1. The number of pyridine rings is 2. The summed E-state index contributed by atoms with van der Waals surface area (Å²) in [6.45, 7) is 8.76. The molecular weight excluding hydrogens is 433 g/mol. The van der Waals surface area contributed by atoms with E-state index in [9.17, 15) is 4.39 Å². The quantitative estimate of drug-likeness (QED) is 0.205. The van der Waals surface area contributed by atoms with Crippen molar-refractivity contribution in [1.82, 2.24) is 9.97 Å². The summed E-state index contributed by atoms with van der Waals surface area (Å²) in [6.07, 6.45) is 4.95. The van der Waals surface area contributed by atoms with Crippen LogP contribution in [0.4, 0.5) is 15.9 Å². The van der Waals surface area contributed by atoms with Crippen LogP contribution in [0.1, 0.15) is 37.8 Å². The smallest absolute Gasteiger partial charge is 0.217 e. The molecule has 180 valence electrons. The number of halogens is 1. The number of rotatable bonds is 13. The molecule has 0 atom stereocenters. The van der Waals surface area contributed by atoms with Crippen molar-refractivity contribution in [2.24, 2.45) is 5.10 Å². The molecule has 8 heteroatoms. The third-order valence-electron chi connectivity index (χ3n) is 4.86. The summed E-state index contributed by atoms with van der Waals surface area (Å²) < 4.78 is 24.4. The zero-order valence-electron chi connectivity index (χ0n) is 20.0. The fraction of sp³-hybridized carbons (Fsp3) is 0.346. The molecular formula is C26H32FN5O2. The van der Waals surface area contributed by atoms with Gasteiger partial charge in [-0.25, -0.2) is 9.37 Å². The van der Waals surface area contributed by atoms with Crippen molar-refractivity contribution in [3.63, 3.8) is 0 Å². The molecule has 0 aliphatic rings. The van der Waals surface area contributed by atoms with E-state index in [1.807, 2.05) is 37.3 Å². The molecule has 0 spiro atoms. The molecule has 2 heterocycles. The van der Waals surface area contributed by atoms with E-state index >= 15 is 0 Å². The van der Waals surface area contributed by atoms with E-state index in [4.69, 9.17) is 9.47 Å². The Kier molecular flexibility index (Phi) is 9.64. The first kappa shape index (κ1) is 25.0. The van der Waals surface area contributed by atoms with Crippen molar-refractivity contribution in [2.75, 3.05) is 36.6 Å². The van der Waals surface area contributed by atoms with Crippen LogP contribution in [0.2, 0.25) is 0 Å². The lowest BCUT2D eigenvalue weighted by Gasteiger charge is -2.24. The van der Waals surface area contributed by atoms with E-state index in [1.165, 1.54) is 17.7 Å². The predicted octanol–water partition coefficient (Wildman–Crippen LogP) is 5.45. The van der Waals surface area contributed by atoms with Crippen molar-refractivity contribution in [3.05, 3.63) is 71.7 Å². The number of aromatic nitrogens is 2. The van der Waals surface area contributed by atoms with Crippen LogP contribution in [0.5, 0.6) is 11.8 Å². The average molecular weight is 466 g/mol. The maximum atomic E-state index is 13.0. The van der Waals surface area contributed by atoms with E-state index in [2.05, 4.69) is 45.3 Å². The first-order chi connectivity index (χ1) is 16.6. The van der Waals surface area contributed by atoms with Gasteiger partial charge in [-0.2, -0.15) is 10.1 Å². The van der Waals surface area contributed by atoms with Crippen molar-refractivity contribution >= 4 is 17.7 Å². The molecule has 0 radical (unpaired) electrons. The van der Waals surface area contributed by atoms with Gasteiger partial charge in [0.2, 0.25) is 11.8 Å². The lowest BCUT2D eigenvalue weighted by Crippen LogP contribution is -2.25. The number of hydrazone groups is 1. The van der Waals surface area contributed by atoms with Crippen LogP contribution < -0.4 is 19.8 Å². The molecule has 0 aliphatic carbocycles. The summed E-state index contributed by atoms with van der Waals surface area (Å²) in [4.78, 5) is 10.7. The van der Waals surface area contributed by atoms with Crippen LogP contribution in [0.15, 0.2) is 59.8 Å². The molecule has 0 saturated carbocycles. The largest absolute Gasteiger partial charge is 0.474 e. The number of nitrogens with zero attached hydrogens (tertiary/aromatic N) is 4. The van der Waals surface area contributed by atoms with Gasteiger partial charge in [-0.3, -0.25) is 5.43 Å². The summed E-state index contributed by atoms with van der Waals surface area (Å²) in [5.41, 5.74) is 6.22. The normalized spacial score (nSPS) is 10.9. The molecule has 3 rings (SSSR count). The van der Waals surface area contributed by atoms with E-state index in [0.29, 0.717) is 17.6 Å². The summed E-state index contributed by atoms with van der Waals surface area (Å²) in [6, 6.07) is 14.8. The number of anilines is 2. The molecule has 3 aromatic rings. The highest BCUT2D eigenvalue weighted by Crippen LogP contribution is 2.24. The van der Waals surface area contributed by atoms with Gasteiger partial charge < -0.3 is 14.4 Å². The summed E-state index contributed by atoms with van der Waals surface area (Å²) in [5.74, 6) is 1.00. The first-order valence-corrected chi connectivity index (χ1v) is 11.6. The summed E-state index contributed by atoms with van der Waals surface area (Å²) in [7, 11) is 0. The van der Waals surface area contributed by atoms with Gasteiger partial charge in [0.15, 0.2) is 5.82 Å². The molecule has 0 unspecified atom stereocenters. The standard InChI is InChI=1S/C26H32FN5O2/c1-4-11-32(12-5-2)23-16-24(31-29-18-21-8-6-7-20(3)15-21)30-26(17-23)34-14-13-33-25-10-9-22(27)19-28-25/h6-10,15-19H,4-5,11-14H2,1-3H3,(H,30,31)/b29-18+. The number of hydrogen-bond acceptors (Lipinski definition) is 7. The molecule has 1 aromatic carbocycles. The minimum absolute atomic E-state index is 0.256. The molecule has 0 amide bonds. The number of ether oxygens (including phenoxy) is 2. The predicted molar refractivity (Wildman–Crippen MR) is 135 cm³/mol. The number of nitrogens with one attached hydrogen (secondary N) is 1. The molecule has 0 bridgehead atoms. The van der Waals surface area contributed by atoms with Gasteiger partial charge >= 0.3 is 0 Å². The third-order valence-corrected chi connectivity index (χ3v) is 4.86. The Balaban J connectivity index is 1.69. The monoisotopic (exact) mass is 465 g/mol. The van der Waals surface area contributed by atoms with Crippen molar-refractivity contribution in [2.45, 2.75) is 33.6 Å². The third kappa shape index (κ3) is 8.03. The maximum Gasteiger partial charge on any atom is 0.217 e. The molecule has 1 N–H and O–H groups in total. The Morgan fingerprint density at radius 2 is 1.76 bits per heavy atom. The van der Waals surface area contributed by atoms with E-state index in [0.717, 1.165) is 43.4 Å². The summed E-state index contributed by atoms with van der Waals surface area (Å²) >= 11 is 0. The Morgan fingerprint density at radius 3 is 2.44 bits per heavy atom. The molecule has 2 aromatic heterocycles. The van der Waals surface area contributed by atoms with Gasteiger partial charge in [0.25, 0.3) is 0 Å². The Morgan fingerprint density at radius 1 is 1.00 bits per heavy atom. The number of aryl methyl sites for hydroxylation is 1. The lowest BCUT2D eigenvalue weighted by molar-refractivity contribution is 0.207. The zero-order valence-corrected chi connectivity index (χ0v) is 20.0. The van der Waals surface area contributed by atoms with Gasteiger partial charge in [-0.1, -0.05) is 43.7 Å². The van der Waals surface area contributed by atoms with E-state index in [-0.39, 0.29) is 13.2 Å². The topological polar surface area (TPSA) is 71.9 Å². The van der Waals surface area contributed by atoms with Gasteiger partial charge in [0.1, 0.15) is 19.0 Å². The molecule has 0 aliphatic heterocycles. The second-order valence-electron chi connectivity index (χ2n) is 7.83. The fourth-order valence-electron chi connectivity index (χ4n) is 3.38. The highest BCUT2D eigenvalue weighted by atomic mass is 19.1. The molecule has 34 heavy (non-hydrogen) atoms. The molecule has 0 fully saturated rings. The maximum absolute atomic E-state index is 13.0. The SMILES string of the molecule is CCCN(CCC)c1cc(N/N=C/c2cccc(C)c2)nc(OCCOc2ccc(F)cn2)c1. The fourth-order valence-corrected chi connectivity index (χ4v) is 3.38. The number of benzene rings is 1. The van der Waals surface area contributed by atoms with Crippen LogP contribution in [-0.2, 0) is 0 Å². The van der Waals surface area contributed by atoms with E-state index < -0.39 is 5.82 Å². The van der Waals surface area contributed by atoms with Crippen LogP contribution in [-0.4, -0.2) is 42.5 Å². The van der Waals surface area contributed by atoms with Crippen LogP contribution in [0.3, 0.4) is 0 Å². The Labute approximate surface area is 200 Å². The van der Waals surface area contributed by atoms with Gasteiger partial charge in [-0.15, -0.1) is 0 Å². The highest BCUT2D eigenvalue weighted by Gasteiger charge is 2.10. The molecule has 7 nitrogen and oxygen atoms in total. The van der Waals surface area contributed by atoms with Crippen LogP contribution >= 0.6 is 0 Å². The molecule has 0 saturated heterocycles. The van der Waals surface area contributed by atoms with Crippen LogP contribution in [0, 0.1) is 12.7 Å². The van der Waals surface area contributed by atoms with Gasteiger partial charge in [-0.05, 0) is 31.4 Å². The van der Waals surface area contributed by atoms with E-state index in [1.54, 1.807) is 6.21 Å².